The lowest BCUT2D eigenvalue weighted by Gasteiger charge is -2.07. The van der Waals surface area contributed by atoms with Gasteiger partial charge in [-0.1, -0.05) is 56.5 Å². The Kier molecular flexibility index (Phi) is 5.60. The van der Waals surface area contributed by atoms with Crippen molar-refractivity contribution in [3.05, 3.63) is 65.7 Å². The smallest absolute Gasteiger partial charge is 0.0708 e. The zero-order valence-electron chi connectivity index (χ0n) is 13.7. The molecular formula is C21H23NS. The van der Waals surface area contributed by atoms with Crippen molar-refractivity contribution < 1.29 is 0 Å². The summed E-state index contributed by atoms with van der Waals surface area (Å²) in [7, 11) is 0. The fourth-order valence-electron chi connectivity index (χ4n) is 2.87. The van der Waals surface area contributed by atoms with E-state index in [1.165, 1.54) is 53.7 Å². The van der Waals surface area contributed by atoms with Crippen LogP contribution in [-0.2, 0) is 6.42 Å². The summed E-state index contributed by atoms with van der Waals surface area (Å²) in [6.07, 6.45) is 8.36. The molecule has 0 saturated carbocycles. The van der Waals surface area contributed by atoms with Crippen LogP contribution in [-0.4, -0.2) is 4.98 Å². The first-order valence-electron chi connectivity index (χ1n) is 8.46. The first kappa shape index (κ1) is 15.9. The molecule has 0 aliphatic heterocycles. The topological polar surface area (TPSA) is 12.9 Å². The van der Waals surface area contributed by atoms with Gasteiger partial charge in [0.15, 0.2) is 0 Å². The lowest BCUT2D eigenvalue weighted by Crippen LogP contribution is -1.88. The van der Waals surface area contributed by atoms with Gasteiger partial charge in [0.1, 0.15) is 0 Å². The maximum atomic E-state index is 4.54. The van der Waals surface area contributed by atoms with E-state index in [1.807, 2.05) is 23.6 Å². The van der Waals surface area contributed by atoms with E-state index in [-0.39, 0.29) is 0 Å². The molecule has 0 fully saturated rings. The lowest BCUT2D eigenvalue weighted by atomic mass is 10.0. The Morgan fingerprint density at radius 1 is 0.913 bits per heavy atom. The zero-order valence-corrected chi connectivity index (χ0v) is 14.5. The summed E-state index contributed by atoms with van der Waals surface area (Å²) in [5.41, 5.74) is 5.00. The molecule has 0 spiro atoms. The molecule has 0 radical (unpaired) electrons. The van der Waals surface area contributed by atoms with Crippen LogP contribution in [0.2, 0.25) is 0 Å². The summed E-state index contributed by atoms with van der Waals surface area (Å²) in [5, 5.41) is 2.22. The van der Waals surface area contributed by atoms with Gasteiger partial charge in [0, 0.05) is 16.6 Å². The molecule has 2 heterocycles. The predicted molar refractivity (Wildman–Crippen MR) is 101 cm³/mol. The number of benzene rings is 1. The van der Waals surface area contributed by atoms with Crippen molar-refractivity contribution in [3.8, 4) is 21.7 Å². The van der Waals surface area contributed by atoms with Crippen LogP contribution >= 0.6 is 11.3 Å². The molecule has 118 valence electrons. The fraction of sp³-hybridized carbons (Fsp3) is 0.286. The average molecular weight is 321 g/mol. The van der Waals surface area contributed by atoms with E-state index < -0.39 is 0 Å². The summed E-state index contributed by atoms with van der Waals surface area (Å²) < 4.78 is 0. The Bertz CT molecular complexity index is 730. The van der Waals surface area contributed by atoms with Gasteiger partial charge >= 0.3 is 0 Å². The van der Waals surface area contributed by atoms with Gasteiger partial charge < -0.3 is 0 Å². The number of hydrogen-bond donors (Lipinski definition) is 0. The standard InChI is InChI=1S/C21H23NS/c1-2-3-4-6-11-18-13-15-23-21(18)19-12-14-22-20(16-19)17-9-7-5-8-10-17/h5,7-10,12-16H,2-4,6,11H2,1H3. The molecule has 0 N–H and O–H groups in total. The van der Waals surface area contributed by atoms with Crippen LogP contribution in [0.25, 0.3) is 21.7 Å². The Morgan fingerprint density at radius 2 is 1.78 bits per heavy atom. The van der Waals surface area contributed by atoms with Gasteiger partial charge in [-0.25, -0.2) is 0 Å². The van der Waals surface area contributed by atoms with Gasteiger partial charge in [0.2, 0.25) is 0 Å². The van der Waals surface area contributed by atoms with Crippen molar-refractivity contribution in [2.75, 3.05) is 0 Å². The van der Waals surface area contributed by atoms with Gasteiger partial charge in [0.25, 0.3) is 0 Å². The molecule has 0 amide bonds. The second kappa shape index (κ2) is 8.07. The van der Waals surface area contributed by atoms with Crippen LogP contribution in [0.15, 0.2) is 60.1 Å². The van der Waals surface area contributed by atoms with E-state index >= 15 is 0 Å². The zero-order chi connectivity index (χ0) is 15.9. The second-order valence-corrected chi connectivity index (χ2v) is 6.80. The minimum absolute atomic E-state index is 1.05. The number of unbranched alkanes of at least 4 members (excludes halogenated alkanes) is 3. The molecule has 0 bridgehead atoms. The van der Waals surface area contributed by atoms with E-state index in [1.54, 1.807) is 0 Å². The van der Waals surface area contributed by atoms with Crippen molar-refractivity contribution in [1.82, 2.24) is 4.98 Å². The maximum absolute atomic E-state index is 4.54. The molecule has 1 nitrogen and oxygen atoms in total. The number of nitrogens with zero attached hydrogens (tertiary/aromatic N) is 1. The number of thiophene rings is 1. The third kappa shape index (κ3) is 4.08. The average Bonchev–Trinajstić information content (AvgIpc) is 3.08. The van der Waals surface area contributed by atoms with Crippen LogP contribution in [0, 0.1) is 0 Å². The first-order valence-corrected chi connectivity index (χ1v) is 9.34. The van der Waals surface area contributed by atoms with Gasteiger partial charge in [-0.15, -0.1) is 11.3 Å². The van der Waals surface area contributed by atoms with Gasteiger partial charge in [0.05, 0.1) is 5.69 Å². The summed E-state index contributed by atoms with van der Waals surface area (Å²) >= 11 is 1.84. The Balaban J connectivity index is 1.81. The molecule has 23 heavy (non-hydrogen) atoms. The van der Waals surface area contributed by atoms with Gasteiger partial charge in [-0.05, 0) is 47.5 Å². The first-order chi connectivity index (χ1) is 11.4. The van der Waals surface area contributed by atoms with Crippen LogP contribution in [0.4, 0.5) is 0 Å². The fourth-order valence-corrected chi connectivity index (χ4v) is 3.82. The molecule has 3 aromatic rings. The van der Waals surface area contributed by atoms with E-state index in [0.717, 1.165) is 5.69 Å². The Morgan fingerprint density at radius 3 is 2.61 bits per heavy atom. The molecule has 1 aromatic carbocycles. The third-order valence-electron chi connectivity index (χ3n) is 4.14. The third-order valence-corrected chi connectivity index (χ3v) is 5.14. The molecule has 0 atom stereocenters. The number of aryl methyl sites for hydroxylation is 1. The molecule has 2 aromatic heterocycles. The van der Waals surface area contributed by atoms with Crippen LogP contribution in [0.3, 0.4) is 0 Å². The van der Waals surface area contributed by atoms with Gasteiger partial charge in [-0.3, -0.25) is 4.98 Å². The maximum Gasteiger partial charge on any atom is 0.0708 e. The number of aromatic nitrogens is 1. The second-order valence-electron chi connectivity index (χ2n) is 5.88. The van der Waals surface area contributed by atoms with Crippen LogP contribution in [0.1, 0.15) is 38.2 Å². The molecule has 0 aliphatic rings. The van der Waals surface area contributed by atoms with E-state index in [2.05, 4.69) is 59.8 Å². The number of hydrogen-bond acceptors (Lipinski definition) is 2. The minimum atomic E-state index is 1.05. The Labute approximate surface area is 143 Å². The molecule has 3 rings (SSSR count). The highest BCUT2D eigenvalue weighted by molar-refractivity contribution is 7.13. The molecule has 2 heteroatoms. The monoisotopic (exact) mass is 321 g/mol. The normalized spacial score (nSPS) is 10.8. The lowest BCUT2D eigenvalue weighted by molar-refractivity contribution is 0.668. The van der Waals surface area contributed by atoms with Crippen molar-refractivity contribution in [2.45, 2.75) is 39.0 Å². The largest absolute Gasteiger partial charge is 0.256 e. The summed E-state index contributed by atoms with van der Waals surface area (Å²) in [6.45, 7) is 2.26. The van der Waals surface area contributed by atoms with Crippen molar-refractivity contribution in [1.29, 1.82) is 0 Å². The van der Waals surface area contributed by atoms with Crippen molar-refractivity contribution in [2.24, 2.45) is 0 Å². The predicted octanol–water partition coefficient (Wildman–Crippen LogP) is 6.60. The summed E-state index contributed by atoms with van der Waals surface area (Å²) in [5.74, 6) is 0. The quantitative estimate of drug-likeness (QED) is 0.447. The van der Waals surface area contributed by atoms with E-state index in [0.29, 0.717) is 0 Å². The van der Waals surface area contributed by atoms with Crippen LogP contribution in [0.5, 0.6) is 0 Å². The summed E-state index contributed by atoms with van der Waals surface area (Å²) in [4.78, 5) is 5.94. The number of pyridine rings is 1. The molecule has 0 unspecified atom stereocenters. The van der Waals surface area contributed by atoms with Crippen molar-refractivity contribution >= 4 is 11.3 Å². The molecular weight excluding hydrogens is 298 g/mol. The highest BCUT2D eigenvalue weighted by Crippen LogP contribution is 2.32. The number of rotatable bonds is 7. The van der Waals surface area contributed by atoms with E-state index in [4.69, 9.17) is 0 Å². The van der Waals surface area contributed by atoms with E-state index in [9.17, 15) is 0 Å². The summed E-state index contributed by atoms with van der Waals surface area (Å²) in [6, 6.07) is 17.0. The van der Waals surface area contributed by atoms with Gasteiger partial charge in [-0.2, -0.15) is 0 Å². The minimum Gasteiger partial charge on any atom is -0.256 e. The molecule has 0 aliphatic carbocycles. The van der Waals surface area contributed by atoms with Crippen LogP contribution < -0.4 is 0 Å². The Hall–Kier alpha value is -1.93. The van der Waals surface area contributed by atoms with Crippen molar-refractivity contribution in [3.63, 3.8) is 0 Å². The highest BCUT2D eigenvalue weighted by Gasteiger charge is 2.08. The SMILES string of the molecule is CCCCCCc1ccsc1-c1ccnc(-c2ccccc2)c1. The molecule has 0 saturated heterocycles. The highest BCUT2D eigenvalue weighted by atomic mass is 32.1.